The van der Waals surface area contributed by atoms with Crippen LogP contribution in [0.15, 0.2) is 47.8 Å². The fourth-order valence-electron chi connectivity index (χ4n) is 4.11. The first-order chi connectivity index (χ1) is 17.2. The van der Waals surface area contributed by atoms with Crippen molar-refractivity contribution in [1.82, 2.24) is 14.9 Å². The molecular formula is C24H18F4N4O2S2. The van der Waals surface area contributed by atoms with Crippen LogP contribution < -0.4 is 5.32 Å². The van der Waals surface area contributed by atoms with Crippen LogP contribution in [0, 0.1) is 5.82 Å². The molecule has 0 unspecified atom stereocenters. The molecule has 36 heavy (non-hydrogen) atoms. The zero-order valence-electron chi connectivity index (χ0n) is 18.5. The molecule has 4 aromatic rings. The summed E-state index contributed by atoms with van der Waals surface area (Å²) in [6.45, 7) is 0.581. The average molecular weight is 535 g/mol. The third kappa shape index (κ3) is 4.96. The van der Waals surface area contributed by atoms with Gasteiger partial charge in [-0.1, -0.05) is 23.5 Å². The quantitative estimate of drug-likeness (QED) is 0.317. The number of thiazole rings is 2. The SMILES string of the molecule is O=C(Nc1nc2ccc(F)cc2s1)c1csc(C2CCN(C(=O)c3ccccc3C(F)(F)F)CC2)n1. The van der Waals surface area contributed by atoms with Crippen LogP contribution in [0.4, 0.5) is 22.7 Å². The van der Waals surface area contributed by atoms with Crippen molar-refractivity contribution in [2.45, 2.75) is 24.9 Å². The predicted octanol–water partition coefficient (Wildman–Crippen LogP) is 6.18. The number of likely N-dealkylation sites (tertiary alicyclic amines) is 1. The van der Waals surface area contributed by atoms with E-state index in [2.05, 4.69) is 15.3 Å². The summed E-state index contributed by atoms with van der Waals surface area (Å²) >= 11 is 2.48. The molecular weight excluding hydrogens is 516 g/mol. The van der Waals surface area contributed by atoms with E-state index in [9.17, 15) is 27.2 Å². The highest BCUT2D eigenvalue weighted by Gasteiger charge is 2.36. The largest absolute Gasteiger partial charge is 0.417 e. The molecule has 1 aliphatic heterocycles. The molecule has 0 spiro atoms. The van der Waals surface area contributed by atoms with Crippen LogP contribution >= 0.6 is 22.7 Å². The average Bonchev–Trinajstić information content (AvgIpc) is 3.50. The van der Waals surface area contributed by atoms with E-state index in [0.29, 0.717) is 41.3 Å². The molecule has 1 N–H and O–H groups in total. The maximum atomic E-state index is 13.4. The topological polar surface area (TPSA) is 75.2 Å². The first-order valence-corrected chi connectivity index (χ1v) is 12.7. The van der Waals surface area contributed by atoms with Gasteiger partial charge in [-0.05, 0) is 43.2 Å². The molecule has 3 heterocycles. The summed E-state index contributed by atoms with van der Waals surface area (Å²) in [5, 5.41) is 5.39. The molecule has 0 radical (unpaired) electrons. The van der Waals surface area contributed by atoms with Gasteiger partial charge in [-0.3, -0.25) is 14.9 Å². The highest BCUT2D eigenvalue weighted by molar-refractivity contribution is 7.22. The molecule has 186 valence electrons. The molecule has 2 amide bonds. The van der Waals surface area contributed by atoms with Gasteiger partial charge in [0, 0.05) is 24.4 Å². The van der Waals surface area contributed by atoms with Crippen molar-refractivity contribution in [3.63, 3.8) is 0 Å². The fraction of sp³-hybridized carbons (Fsp3) is 0.250. The van der Waals surface area contributed by atoms with Crippen LogP contribution in [0.2, 0.25) is 0 Å². The van der Waals surface area contributed by atoms with Gasteiger partial charge in [0.1, 0.15) is 11.5 Å². The van der Waals surface area contributed by atoms with Crippen LogP contribution in [0.25, 0.3) is 10.2 Å². The molecule has 1 fully saturated rings. The summed E-state index contributed by atoms with van der Waals surface area (Å²) in [5.74, 6) is -1.47. The van der Waals surface area contributed by atoms with E-state index in [0.717, 1.165) is 22.4 Å². The second-order valence-corrected chi connectivity index (χ2v) is 10.2. The van der Waals surface area contributed by atoms with E-state index in [1.807, 2.05) is 0 Å². The van der Waals surface area contributed by atoms with Crippen molar-refractivity contribution in [3.8, 4) is 0 Å². The molecule has 12 heteroatoms. The number of anilines is 1. The smallest absolute Gasteiger partial charge is 0.339 e. The Labute approximate surface area is 210 Å². The number of aromatic nitrogens is 2. The lowest BCUT2D eigenvalue weighted by atomic mass is 9.96. The number of alkyl halides is 3. The number of amides is 2. The van der Waals surface area contributed by atoms with Crippen molar-refractivity contribution in [1.29, 1.82) is 0 Å². The Balaban J connectivity index is 1.22. The number of nitrogens with one attached hydrogen (secondary N) is 1. The number of hydrogen-bond donors (Lipinski definition) is 1. The van der Waals surface area contributed by atoms with Gasteiger partial charge in [0.05, 0.1) is 26.4 Å². The molecule has 0 saturated carbocycles. The molecule has 2 aromatic carbocycles. The minimum absolute atomic E-state index is 0.0103. The number of benzene rings is 2. The van der Waals surface area contributed by atoms with E-state index in [-0.39, 0.29) is 23.0 Å². The third-order valence-electron chi connectivity index (χ3n) is 5.92. The molecule has 5 rings (SSSR count). The molecule has 0 bridgehead atoms. The molecule has 6 nitrogen and oxygen atoms in total. The Hall–Kier alpha value is -3.38. The lowest BCUT2D eigenvalue weighted by Crippen LogP contribution is -2.38. The standard InChI is InChI=1S/C24H18F4N4O2S2/c25-14-5-6-17-19(11-14)36-23(30-17)31-20(33)18-12-35-21(29-18)13-7-9-32(10-8-13)22(34)15-3-1-2-4-16(15)24(26,27)28/h1-6,11-13H,7-10H2,(H,30,31,33). The van der Waals surface area contributed by atoms with Gasteiger partial charge in [0.15, 0.2) is 5.13 Å². The zero-order valence-corrected chi connectivity index (χ0v) is 20.1. The van der Waals surface area contributed by atoms with E-state index < -0.39 is 23.6 Å². The van der Waals surface area contributed by atoms with E-state index in [1.165, 1.54) is 52.6 Å². The summed E-state index contributed by atoms with van der Waals surface area (Å²) in [6.07, 6.45) is -3.56. The van der Waals surface area contributed by atoms with Gasteiger partial charge in [0.2, 0.25) is 0 Å². The maximum absolute atomic E-state index is 13.4. The Kier molecular flexibility index (Phi) is 6.47. The van der Waals surface area contributed by atoms with E-state index >= 15 is 0 Å². The Morgan fingerprint density at radius 3 is 2.56 bits per heavy atom. The summed E-state index contributed by atoms with van der Waals surface area (Å²) in [4.78, 5) is 35.6. The number of hydrogen-bond acceptors (Lipinski definition) is 6. The maximum Gasteiger partial charge on any atom is 0.417 e. The number of carbonyl (C=O) groups is 2. The molecule has 0 atom stereocenters. The van der Waals surface area contributed by atoms with Crippen LogP contribution in [0.1, 0.15) is 50.2 Å². The van der Waals surface area contributed by atoms with Crippen molar-refractivity contribution in [3.05, 3.63) is 75.5 Å². The van der Waals surface area contributed by atoms with Crippen LogP contribution in [-0.4, -0.2) is 39.8 Å². The highest BCUT2D eigenvalue weighted by Crippen LogP contribution is 2.35. The molecule has 0 aliphatic carbocycles. The predicted molar refractivity (Wildman–Crippen MR) is 129 cm³/mol. The lowest BCUT2D eigenvalue weighted by Gasteiger charge is -2.31. The van der Waals surface area contributed by atoms with Crippen LogP contribution in [0.5, 0.6) is 0 Å². The lowest BCUT2D eigenvalue weighted by molar-refractivity contribution is -0.138. The summed E-state index contributed by atoms with van der Waals surface area (Å²) < 4.78 is 53.9. The Morgan fingerprint density at radius 1 is 1.06 bits per heavy atom. The van der Waals surface area contributed by atoms with Crippen molar-refractivity contribution >= 4 is 49.8 Å². The highest BCUT2D eigenvalue weighted by atomic mass is 32.1. The second kappa shape index (κ2) is 9.58. The van der Waals surface area contributed by atoms with Gasteiger partial charge in [-0.15, -0.1) is 11.3 Å². The van der Waals surface area contributed by atoms with Crippen LogP contribution in [-0.2, 0) is 6.18 Å². The van der Waals surface area contributed by atoms with Gasteiger partial charge in [-0.2, -0.15) is 13.2 Å². The fourth-order valence-corrected chi connectivity index (χ4v) is 5.97. The minimum Gasteiger partial charge on any atom is -0.339 e. The van der Waals surface area contributed by atoms with Gasteiger partial charge < -0.3 is 4.90 Å². The van der Waals surface area contributed by atoms with Crippen molar-refractivity contribution < 1.29 is 27.2 Å². The molecule has 2 aromatic heterocycles. The van der Waals surface area contributed by atoms with E-state index in [4.69, 9.17) is 0 Å². The molecule has 1 saturated heterocycles. The molecule has 1 aliphatic rings. The van der Waals surface area contributed by atoms with Gasteiger partial charge in [0.25, 0.3) is 11.8 Å². The second-order valence-electron chi connectivity index (χ2n) is 8.27. The number of halogens is 4. The number of nitrogens with zero attached hydrogens (tertiary/aromatic N) is 3. The summed E-state index contributed by atoms with van der Waals surface area (Å²) in [7, 11) is 0. The first kappa shape index (κ1) is 24.3. The van der Waals surface area contributed by atoms with Crippen molar-refractivity contribution in [2.24, 2.45) is 0 Å². The summed E-state index contributed by atoms with van der Waals surface area (Å²) in [6, 6.07) is 8.98. The normalized spacial score (nSPS) is 14.8. The number of piperidine rings is 1. The Bertz CT molecular complexity index is 1440. The van der Waals surface area contributed by atoms with Gasteiger partial charge in [-0.25, -0.2) is 14.4 Å². The number of rotatable bonds is 4. The number of fused-ring (bicyclic) bond motifs is 1. The number of carbonyl (C=O) groups excluding carboxylic acids is 2. The third-order valence-corrected chi connectivity index (χ3v) is 7.86. The summed E-state index contributed by atoms with van der Waals surface area (Å²) in [5.41, 5.74) is -0.493. The van der Waals surface area contributed by atoms with Crippen molar-refractivity contribution in [2.75, 3.05) is 18.4 Å². The zero-order chi connectivity index (χ0) is 25.4. The minimum atomic E-state index is -4.61. The monoisotopic (exact) mass is 534 g/mol. The van der Waals surface area contributed by atoms with Crippen LogP contribution in [0.3, 0.4) is 0 Å². The van der Waals surface area contributed by atoms with Gasteiger partial charge >= 0.3 is 6.18 Å². The first-order valence-electron chi connectivity index (χ1n) is 11.0. The van der Waals surface area contributed by atoms with E-state index in [1.54, 1.807) is 5.38 Å². The Morgan fingerprint density at radius 2 is 1.81 bits per heavy atom.